The van der Waals surface area contributed by atoms with Crippen LogP contribution in [0.4, 0.5) is 0 Å². The maximum Gasteiger partial charge on any atom is 0.254 e. The van der Waals surface area contributed by atoms with Gasteiger partial charge in [0.1, 0.15) is 0 Å². The number of benzene rings is 2. The summed E-state index contributed by atoms with van der Waals surface area (Å²) in [5, 5.41) is 0. The molecule has 0 saturated heterocycles. The van der Waals surface area contributed by atoms with Gasteiger partial charge < -0.3 is 0 Å². The van der Waals surface area contributed by atoms with Crippen LogP contribution < -0.4 is 9.66 Å². The lowest BCUT2D eigenvalue weighted by Gasteiger charge is -2.11. The Kier molecular flexibility index (Phi) is 4.66. The van der Waals surface area contributed by atoms with Gasteiger partial charge in [-0.3, -0.25) is 0 Å². The lowest BCUT2D eigenvalue weighted by molar-refractivity contribution is 0.557. The number of hydrogen-bond acceptors (Lipinski definition) is 4. The van der Waals surface area contributed by atoms with E-state index in [1.807, 2.05) is 9.66 Å². The van der Waals surface area contributed by atoms with Crippen LogP contribution in [-0.4, -0.2) is 16.8 Å². The fourth-order valence-corrected chi connectivity index (χ4v) is 4.27. The van der Waals surface area contributed by atoms with E-state index in [1.165, 1.54) is 18.2 Å². The van der Waals surface area contributed by atoms with Crippen LogP contribution in [0.5, 0.6) is 0 Å². The molecule has 0 aliphatic carbocycles. The van der Waals surface area contributed by atoms with E-state index in [0.29, 0.717) is 5.56 Å². The zero-order chi connectivity index (χ0) is 16.4. The predicted molar refractivity (Wildman–Crippen MR) is 83.0 cm³/mol. The Labute approximate surface area is 130 Å². The molecule has 2 aromatic rings. The summed E-state index contributed by atoms with van der Waals surface area (Å²) in [7, 11) is -7.96. The van der Waals surface area contributed by atoms with E-state index in [2.05, 4.69) is 0 Å². The van der Waals surface area contributed by atoms with E-state index in [4.69, 9.17) is 0 Å². The van der Waals surface area contributed by atoms with Crippen LogP contribution in [0.25, 0.3) is 0 Å². The fraction of sp³-hybridized carbons (Fsp3) is 0.143. The first-order valence-electron chi connectivity index (χ1n) is 6.38. The number of hydrogen-bond donors (Lipinski definition) is 2. The number of nitrogens with one attached hydrogen (secondary N) is 2. The first-order chi connectivity index (χ1) is 10.2. The summed E-state index contributed by atoms with van der Waals surface area (Å²) in [6.45, 7) is 3.40. The summed E-state index contributed by atoms with van der Waals surface area (Å²) in [4.78, 5) is 3.81. The summed E-state index contributed by atoms with van der Waals surface area (Å²) >= 11 is 0. The van der Waals surface area contributed by atoms with Gasteiger partial charge in [-0.05, 0) is 43.2 Å². The smallest absolute Gasteiger partial charge is 0.206 e. The van der Waals surface area contributed by atoms with Crippen molar-refractivity contribution in [1.82, 2.24) is 9.66 Å². The van der Waals surface area contributed by atoms with Crippen LogP contribution in [0.15, 0.2) is 58.3 Å². The average Bonchev–Trinajstić information content (AvgIpc) is 2.49. The summed E-state index contributed by atoms with van der Waals surface area (Å²) < 4.78 is 48.5. The Morgan fingerprint density at radius 2 is 1.36 bits per heavy atom. The zero-order valence-corrected chi connectivity index (χ0v) is 13.7. The molecule has 0 aliphatic heterocycles. The van der Waals surface area contributed by atoms with E-state index in [9.17, 15) is 16.8 Å². The molecule has 0 bridgehead atoms. The molecule has 2 N–H and O–H groups in total. The van der Waals surface area contributed by atoms with Crippen LogP contribution in [0.1, 0.15) is 11.1 Å². The highest BCUT2D eigenvalue weighted by molar-refractivity contribution is 7.92. The summed E-state index contributed by atoms with van der Waals surface area (Å²) in [5.74, 6) is 0. The van der Waals surface area contributed by atoms with Gasteiger partial charge in [-0.1, -0.05) is 30.3 Å². The molecule has 0 aromatic heterocycles. The largest absolute Gasteiger partial charge is 0.254 e. The average molecular weight is 340 g/mol. The Balaban J connectivity index is 2.25. The molecule has 118 valence electrons. The number of rotatable bonds is 5. The molecule has 0 unspecified atom stereocenters. The molecule has 8 heteroatoms. The normalized spacial score (nSPS) is 12.3. The summed E-state index contributed by atoms with van der Waals surface area (Å²) in [6.07, 6.45) is 0. The molecule has 0 amide bonds. The van der Waals surface area contributed by atoms with Crippen molar-refractivity contribution in [2.45, 2.75) is 23.6 Å². The topological polar surface area (TPSA) is 92.3 Å². The van der Waals surface area contributed by atoms with Gasteiger partial charge in [0.15, 0.2) is 0 Å². The first kappa shape index (κ1) is 16.6. The van der Waals surface area contributed by atoms with Crippen molar-refractivity contribution >= 4 is 20.0 Å². The van der Waals surface area contributed by atoms with Gasteiger partial charge in [-0.2, -0.15) is 0 Å². The third-order valence-corrected chi connectivity index (χ3v) is 5.78. The monoisotopic (exact) mass is 340 g/mol. The van der Waals surface area contributed by atoms with Crippen LogP contribution in [0.3, 0.4) is 0 Å². The predicted octanol–water partition coefficient (Wildman–Crippen LogP) is 1.48. The van der Waals surface area contributed by atoms with E-state index in [-0.39, 0.29) is 9.79 Å². The van der Waals surface area contributed by atoms with Gasteiger partial charge in [0.05, 0.1) is 9.79 Å². The molecular formula is C14H16N2O4S2. The fourth-order valence-electron chi connectivity index (χ4n) is 1.82. The summed E-state index contributed by atoms with van der Waals surface area (Å²) in [5.41, 5.74) is 1.29. The molecule has 0 heterocycles. The number of sulfonamides is 2. The molecule has 0 atom stereocenters. The molecule has 2 rings (SSSR count). The van der Waals surface area contributed by atoms with Crippen LogP contribution in [-0.2, 0) is 20.0 Å². The Hall–Kier alpha value is -1.74. The van der Waals surface area contributed by atoms with E-state index in [0.717, 1.165) is 5.56 Å². The lowest BCUT2D eigenvalue weighted by Crippen LogP contribution is -2.41. The Morgan fingerprint density at radius 3 is 2.00 bits per heavy atom. The molecule has 6 nitrogen and oxygen atoms in total. The molecule has 0 radical (unpaired) electrons. The molecule has 2 aromatic carbocycles. The molecule has 0 fully saturated rings. The third kappa shape index (κ3) is 3.72. The molecule has 0 aliphatic rings. The van der Waals surface area contributed by atoms with Crippen molar-refractivity contribution in [2.75, 3.05) is 0 Å². The first-order valence-corrected chi connectivity index (χ1v) is 9.35. The molecule has 0 spiro atoms. The Morgan fingerprint density at radius 1 is 0.773 bits per heavy atom. The molecule has 22 heavy (non-hydrogen) atoms. The molecule has 0 saturated carbocycles. The highest BCUT2D eigenvalue weighted by atomic mass is 32.2. The van der Waals surface area contributed by atoms with Crippen molar-refractivity contribution in [2.24, 2.45) is 0 Å². The second-order valence-electron chi connectivity index (χ2n) is 4.79. The van der Waals surface area contributed by atoms with Gasteiger partial charge in [0, 0.05) is 0 Å². The van der Waals surface area contributed by atoms with Crippen molar-refractivity contribution in [3.05, 3.63) is 59.7 Å². The van der Waals surface area contributed by atoms with Crippen LogP contribution >= 0.6 is 0 Å². The standard InChI is InChI=1S/C14H16N2O4S2/c1-11-8-9-12(2)14(10-11)22(19,20)16-15-21(17,18)13-6-4-3-5-7-13/h3-10,15-16H,1-2H3. The maximum atomic E-state index is 12.2. The van der Waals surface area contributed by atoms with Crippen molar-refractivity contribution in [3.63, 3.8) is 0 Å². The quantitative estimate of drug-likeness (QED) is 0.806. The lowest BCUT2D eigenvalue weighted by atomic mass is 10.2. The second-order valence-corrected chi connectivity index (χ2v) is 8.13. The van der Waals surface area contributed by atoms with Crippen molar-refractivity contribution < 1.29 is 16.8 Å². The minimum atomic E-state index is -3.99. The van der Waals surface area contributed by atoms with Gasteiger partial charge in [0.2, 0.25) is 0 Å². The van der Waals surface area contributed by atoms with Crippen molar-refractivity contribution in [1.29, 1.82) is 0 Å². The number of aryl methyl sites for hydroxylation is 2. The van der Waals surface area contributed by atoms with Gasteiger partial charge >= 0.3 is 0 Å². The third-order valence-electron chi connectivity index (χ3n) is 3.00. The van der Waals surface area contributed by atoms with Gasteiger partial charge in [-0.25, -0.2) is 16.8 Å². The SMILES string of the molecule is Cc1ccc(C)c(S(=O)(=O)NNS(=O)(=O)c2ccccc2)c1. The van der Waals surface area contributed by atoms with Crippen LogP contribution in [0, 0.1) is 13.8 Å². The zero-order valence-electron chi connectivity index (χ0n) is 12.1. The summed E-state index contributed by atoms with van der Waals surface area (Å²) in [6, 6.07) is 12.4. The Bertz CT molecular complexity index is 876. The highest BCUT2D eigenvalue weighted by Gasteiger charge is 2.21. The highest BCUT2D eigenvalue weighted by Crippen LogP contribution is 2.16. The van der Waals surface area contributed by atoms with E-state index >= 15 is 0 Å². The minimum Gasteiger partial charge on any atom is -0.206 e. The van der Waals surface area contributed by atoms with Gasteiger partial charge in [-0.15, -0.1) is 9.66 Å². The molecular weight excluding hydrogens is 324 g/mol. The minimum absolute atomic E-state index is 0.0290. The van der Waals surface area contributed by atoms with E-state index in [1.54, 1.807) is 44.2 Å². The second kappa shape index (κ2) is 6.17. The van der Waals surface area contributed by atoms with Crippen LogP contribution in [0.2, 0.25) is 0 Å². The number of hydrazine groups is 1. The van der Waals surface area contributed by atoms with Gasteiger partial charge in [0.25, 0.3) is 20.0 Å². The maximum absolute atomic E-state index is 12.2. The van der Waals surface area contributed by atoms with Crippen molar-refractivity contribution in [3.8, 4) is 0 Å². The van der Waals surface area contributed by atoms with E-state index < -0.39 is 20.0 Å².